The van der Waals surface area contributed by atoms with Gasteiger partial charge in [-0.3, -0.25) is 0 Å². The van der Waals surface area contributed by atoms with Crippen molar-refractivity contribution in [1.82, 2.24) is 0 Å². The SMILES string of the molecule is C=CCOCCOPOCCN. The van der Waals surface area contributed by atoms with Crippen LogP contribution in [-0.2, 0) is 13.8 Å². The van der Waals surface area contributed by atoms with Gasteiger partial charge < -0.3 is 19.5 Å². The van der Waals surface area contributed by atoms with Gasteiger partial charge >= 0.3 is 0 Å². The molecular weight excluding hydrogens is 177 g/mol. The van der Waals surface area contributed by atoms with E-state index >= 15 is 0 Å². The van der Waals surface area contributed by atoms with Crippen LogP contribution in [0.4, 0.5) is 0 Å². The van der Waals surface area contributed by atoms with E-state index < -0.39 is 0 Å². The van der Waals surface area contributed by atoms with Crippen molar-refractivity contribution in [2.75, 3.05) is 33.0 Å². The van der Waals surface area contributed by atoms with Crippen molar-refractivity contribution >= 4 is 9.03 Å². The lowest BCUT2D eigenvalue weighted by atomic mass is 10.7. The summed E-state index contributed by atoms with van der Waals surface area (Å²) < 4.78 is 15.1. The van der Waals surface area contributed by atoms with Crippen LogP contribution in [0.15, 0.2) is 12.7 Å². The molecule has 0 spiro atoms. The van der Waals surface area contributed by atoms with E-state index in [9.17, 15) is 0 Å². The molecule has 1 unspecified atom stereocenters. The van der Waals surface area contributed by atoms with Crippen molar-refractivity contribution in [3.63, 3.8) is 0 Å². The summed E-state index contributed by atoms with van der Waals surface area (Å²) in [5.41, 5.74) is 5.20. The van der Waals surface area contributed by atoms with E-state index in [0.29, 0.717) is 33.0 Å². The van der Waals surface area contributed by atoms with Crippen LogP contribution in [-0.4, -0.2) is 33.0 Å². The summed E-state index contributed by atoms with van der Waals surface area (Å²) in [6, 6.07) is 0. The van der Waals surface area contributed by atoms with Crippen molar-refractivity contribution in [2.45, 2.75) is 0 Å². The fourth-order valence-electron chi connectivity index (χ4n) is 0.451. The first-order chi connectivity index (χ1) is 5.91. The Morgan fingerprint density at radius 1 is 1.25 bits per heavy atom. The molecule has 0 radical (unpaired) electrons. The highest BCUT2D eigenvalue weighted by Gasteiger charge is 1.88. The van der Waals surface area contributed by atoms with Gasteiger partial charge in [0, 0.05) is 6.54 Å². The fourth-order valence-corrected chi connectivity index (χ4v) is 0.902. The smallest absolute Gasteiger partial charge is 0.155 e. The highest BCUT2D eigenvalue weighted by Crippen LogP contribution is 2.11. The van der Waals surface area contributed by atoms with Gasteiger partial charge in [0.05, 0.1) is 26.4 Å². The van der Waals surface area contributed by atoms with Crippen molar-refractivity contribution in [1.29, 1.82) is 0 Å². The number of hydrogen-bond donors (Lipinski definition) is 1. The molecule has 12 heavy (non-hydrogen) atoms. The molecule has 0 fully saturated rings. The van der Waals surface area contributed by atoms with E-state index in [1.54, 1.807) is 6.08 Å². The molecule has 0 aromatic carbocycles. The average Bonchev–Trinajstić information content (AvgIpc) is 2.10. The molecule has 0 aliphatic heterocycles. The van der Waals surface area contributed by atoms with Crippen LogP contribution in [0, 0.1) is 0 Å². The molecule has 0 aliphatic rings. The Kier molecular flexibility index (Phi) is 11.0. The van der Waals surface area contributed by atoms with Gasteiger partial charge in [0.15, 0.2) is 9.03 Å². The molecule has 72 valence electrons. The van der Waals surface area contributed by atoms with Gasteiger partial charge in [-0.05, 0) is 0 Å². The van der Waals surface area contributed by atoms with Crippen molar-refractivity contribution in [2.24, 2.45) is 5.73 Å². The van der Waals surface area contributed by atoms with Gasteiger partial charge in [-0.15, -0.1) is 6.58 Å². The highest BCUT2D eigenvalue weighted by molar-refractivity contribution is 7.26. The molecule has 0 aromatic heterocycles. The molecule has 0 rings (SSSR count). The Morgan fingerprint density at radius 2 is 2.00 bits per heavy atom. The number of rotatable bonds is 9. The summed E-state index contributed by atoms with van der Waals surface area (Å²) in [5.74, 6) is 0. The lowest BCUT2D eigenvalue weighted by Gasteiger charge is -2.03. The third-order valence-corrected chi connectivity index (χ3v) is 1.55. The molecular formula is C7H16NO3P. The van der Waals surface area contributed by atoms with E-state index in [-0.39, 0.29) is 9.03 Å². The molecule has 4 nitrogen and oxygen atoms in total. The molecule has 0 bridgehead atoms. The van der Waals surface area contributed by atoms with E-state index in [1.807, 2.05) is 0 Å². The maximum absolute atomic E-state index is 5.20. The number of hydrogen-bond acceptors (Lipinski definition) is 4. The van der Waals surface area contributed by atoms with Crippen LogP contribution in [0.3, 0.4) is 0 Å². The highest BCUT2D eigenvalue weighted by atomic mass is 31.1. The summed E-state index contributed by atoms with van der Waals surface area (Å²) in [6.45, 7) is 6.29. The lowest BCUT2D eigenvalue weighted by Crippen LogP contribution is -2.05. The Morgan fingerprint density at radius 3 is 2.67 bits per heavy atom. The first-order valence-corrected chi connectivity index (χ1v) is 4.60. The van der Waals surface area contributed by atoms with E-state index in [4.69, 9.17) is 19.5 Å². The standard InChI is InChI=1S/C7H16NO3P/c1-2-4-9-6-7-11-12-10-5-3-8/h2,12H,1,3-8H2. The Labute approximate surface area is 75.0 Å². The van der Waals surface area contributed by atoms with Gasteiger partial charge in [-0.2, -0.15) is 0 Å². The zero-order chi connectivity index (χ0) is 9.07. The lowest BCUT2D eigenvalue weighted by molar-refractivity contribution is 0.121. The van der Waals surface area contributed by atoms with Crippen molar-refractivity contribution in [3.8, 4) is 0 Å². The topological polar surface area (TPSA) is 53.7 Å². The minimum atomic E-state index is 0.0651. The third kappa shape index (κ3) is 10.0. The predicted octanol–water partition coefficient (Wildman–Crippen LogP) is 0.689. The average molecular weight is 193 g/mol. The van der Waals surface area contributed by atoms with E-state index in [2.05, 4.69) is 6.58 Å². The van der Waals surface area contributed by atoms with Gasteiger partial charge in [0.25, 0.3) is 0 Å². The normalized spacial score (nSPS) is 11.1. The second-order valence-corrected chi connectivity index (χ2v) is 2.68. The summed E-state index contributed by atoms with van der Waals surface area (Å²) in [7, 11) is 0.0651. The van der Waals surface area contributed by atoms with Crippen LogP contribution in [0.25, 0.3) is 0 Å². The Hall–Kier alpha value is 0.0100. The molecule has 2 N–H and O–H groups in total. The van der Waals surface area contributed by atoms with Crippen molar-refractivity contribution < 1.29 is 13.8 Å². The van der Waals surface area contributed by atoms with E-state index in [1.165, 1.54) is 0 Å². The largest absolute Gasteiger partial charge is 0.375 e. The van der Waals surface area contributed by atoms with Crippen LogP contribution in [0.5, 0.6) is 0 Å². The first kappa shape index (κ1) is 12.0. The zero-order valence-corrected chi connectivity index (χ0v) is 8.12. The van der Waals surface area contributed by atoms with Crippen LogP contribution in [0.2, 0.25) is 0 Å². The minimum absolute atomic E-state index is 0.0651. The molecule has 0 aliphatic carbocycles. The predicted molar refractivity (Wildman–Crippen MR) is 50.3 cm³/mol. The Bertz CT molecular complexity index is 103. The molecule has 5 heteroatoms. The molecule has 1 atom stereocenters. The summed E-state index contributed by atoms with van der Waals surface area (Å²) in [5, 5.41) is 0. The molecule has 0 aromatic rings. The summed E-state index contributed by atoms with van der Waals surface area (Å²) in [6.07, 6.45) is 1.70. The maximum Gasteiger partial charge on any atom is 0.155 e. The van der Waals surface area contributed by atoms with Crippen LogP contribution >= 0.6 is 9.03 Å². The summed E-state index contributed by atoms with van der Waals surface area (Å²) in [4.78, 5) is 0. The quantitative estimate of drug-likeness (QED) is 0.332. The maximum atomic E-state index is 5.20. The number of nitrogens with two attached hydrogens (primary N) is 1. The van der Waals surface area contributed by atoms with Gasteiger partial charge in [-0.25, -0.2) is 0 Å². The third-order valence-electron chi connectivity index (χ3n) is 0.903. The zero-order valence-electron chi connectivity index (χ0n) is 7.12. The van der Waals surface area contributed by atoms with Crippen LogP contribution < -0.4 is 5.73 Å². The molecule has 0 saturated carbocycles. The minimum Gasteiger partial charge on any atom is -0.375 e. The second-order valence-electron chi connectivity index (χ2n) is 1.93. The van der Waals surface area contributed by atoms with Gasteiger partial charge in [0.1, 0.15) is 0 Å². The second kappa shape index (κ2) is 11.0. The fraction of sp³-hybridized carbons (Fsp3) is 0.714. The molecule has 0 heterocycles. The van der Waals surface area contributed by atoms with Gasteiger partial charge in [0.2, 0.25) is 0 Å². The summed E-state index contributed by atoms with van der Waals surface area (Å²) >= 11 is 0. The molecule has 0 saturated heterocycles. The van der Waals surface area contributed by atoms with Crippen LogP contribution in [0.1, 0.15) is 0 Å². The Balaban J connectivity index is 2.77. The molecule has 0 amide bonds. The number of ether oxygens (including phenoxy) is 1. The van der Waals surface area contributed by atoms with Gasteiger partial charge in [-0.1, -0.05) is 6.08 Å². The first-order valence-electron chi connectivity index (χ1n) is 3.79. The van der Waals surface area contributed by atoms with Crippen molar-refractivity contribution in [3.05, 3.63) is 12.7 Å². The monoisotopic (exact) mass is 193 g/mol. The van der Waals surface area contributed by atoms with E-state index in [0.717, 1.165) is 0 Å².